The van der Waals surface area contributed by atoms with Gasteiger partial charge in [0.15, 0.2) is 11.5 Å². The van der Waals surface area contributed by atoms with Crippen LogP contribution in [0.5, 0.6) is 0 Å². The summed E-state index contributed by atoms with van der Waals surface area (Å²) in [6.07, 6.45) is 0.580. The molecule has 4 aromatic rings. The molecule has 2 aromatic carbocycles. The molecule has 0 amide bonds. The molecule has 0 radical (unpaired) electrons. The van der Waals surface area contributed by atoms with Crippen LogP contribution in [0.4, 0.5) is 0 Å². The van der Waals surface area contributed by atoms with Crippen LogP contribution in [-0.4, -0.2) is 30.6 Å². The number of hydrogen-bond donors (Lipinski definition) is 0. The SMILES string of the molecule is O=C1c2ccccc2-c2nc3nnc(Cc4ccccc4)n3nc21. The van der Waals surface area contributed by atoms with E-state index in [1.165, 1.54) is 0 Å². The van der Waals surface area contributed by atoms with Crippen molar-refractivity contribution < 1.29 is 4.79 Å². The van der Waals surface area contributed by atoms with Gasteiger partial charge in [0.2, 0.25) is 5.78 Å². The standard InChI is InChI=1S/C18H11N5O/c24-17-13-9-5-4-8-12(13)15-16(17)22-23-14(20-21-18(23)19-15)10-11-6-2-1-3-7-11/h1-9H,10H2. The van der Waals surface area contributed by atoms with Gasteiger partial charge in [-0.2, -0.15) is 9.61 Å². The van der Waals surface area contributed by atoms with E-state index in [0.717, 1.165) is 11.1 Å². The molecule has 1 aliphatic rings. The zero-order valence-electron chi connectivity index (χ0n) is 12.5. The molecular formula is C18H11N5O. The van der Waals surface area contributed by atoms with Crippen LogP contribution in [0.1, 0.15) is 27.4 Å². The van der Waals surface area contributed by atoms with E-state index < -0.39 is 0 Å². The fourth-order valence-corrected chi connectivity index (χ4v) is 3.02. The highest BCUT2D eigenvalue weighted by atomic mass is 16.1. The molecule has 1 aliphatic carbocycles. The van der Waals surface area contributed by atoms with Gasteiger partial charge in [0.1, 0.15) is 5.69 Å². The fraction of sp³-hybridized carbons (Fsp3) is 0.0556. The van der Waals surface area contributed by atoms with E-state index >= 15 is 0 Å². The van der Waals surface area contributed by atoms with E-state index in [1.54, 1.807) is 10.6 Å². The first-order valence-electron chi connectivity index (χ1n) is 7.61. The third-order valence-electron chi connectivity index (χ3n) is 4.17. The van der Waals surface area contributed by atoms with Crippen molar-refractivity contribution in [3.05, 3.63) is 77.2 Å². The number of carbonyl (C=O) groups is 1. The Hall–Kier alpha value is -3.41. The quantitative estimate of drug-likeness (QED) is 0.500. The van der Waals surface area contributed by atoms with Crippen molar-refractivity contribution in [1.29, 1.82) is 0 Å². The van der Waals surface area contributed by atoms with Crippen LogP contribution < -0.4 is 0 Å². The van der Waals surface area contributed by atoms with Crippen LogP contribution in [0.25, 0.3) is 17.0 Å². The summed E-state index contributed by atoms with van der Waals surface area (Å²) in [6, 6.07) is 17.4. The minimum atomic E-state index is -0.102. The first-order valence-corrected chi connectivity index (χ1v) is 7.61. The predicted octanol–water partition coefficient (Wildman–Crippen LogP) is 2.32. The van der Waals surface area contributed by atoms with Crippen LogP contribution in [0, 0.1) is 0 Å². The van der Waals surface area contributed by atoms with Crippen LogP contribution in [-0.2, 0) is 6.42 Å². The molecule has 0 N–H and O–H groups in total. The van der Waals surface area contributed by atoms with Crippen LogP contribution >= 0.6 is 0 Å². The summed E-state index contributed by atoms with van der Waals surface area (Å²) in [7, 11) is 0. The Morgan fingerprint density at radius 3 is 2.42 bits per heavy atom. The van der Waals surface area contributed by atoms with Crippen molar-refractivity contribution >= 4 is 11.6 Å². The number of aromatic nitrogens is 5. The number of carbonyl (C=O) groups excluding carboxylic acids is 1. The maximum atomic E-state index is 12.6. The molecule has 2 heterocycles. The maximum Gasteiger partial charge on any atom is 0.272 e. The number of hydrogen-bond acceptors (Lipinski definition) is 5. The number of rotatable bonds is 2. The Morgan fingerprint density at radius 1 is 0.833 bits per heavy atom. The molecule has 6 nitrogen and oxygen atoms in total. The lowest BCUT2D eigenvalue weighted by atomic mass is 10.1. The minimum absolute atomic E-state index is 0.102. The maximum absolute atomic E-state index is 12.6. The Balaban J connectivity index is 1.67. The Labute approximate surface area is 136 Å². The van der Waals surface area contributed by atoms with Gasteiger partial charge in [-0.3, -0.25) is 4.79 Å². The van der Waals surface area contributed by atoms with E-state index in [9.17, 15) is 4.79 Å². The number of nitrogens with zero attached hydrogens (tertiary/aromatic N) is 5. The van der Waals surface area contributed by atoms with Gasteiger partial charge in [-0.05, 0) is 5.56 Å². The molecule has 0 saturated carbocycles. The lowest BCUT2D eigenvalue weighted by Crippen LogP contribution is -2.08. The Bertz CT molecular complexity index is 1100. The molecule has 0 bridgehead atoms. The first kappa shape index (κ1) is 13.1. The molecule has 24 heavy (non-hydrogen) atoms. The highest BCUT2D eigenvalue weighted by molar-refractivity contribution is 6.19. The fourth-order valence-electron chi connectivity index (χ4n) is 3.02. The van der Waals surface area contributed by atoms with E-state index in [-0.39, 0.29) is 5.78 Å². The Kier molecular flexibility index (Phi) is 2.61. The van der Waals surface area contributed by atoms with Crippen LogP contribution in [0.2, 0.25) is 0 Å². The van der Waals surface area contributed by atoms with Gasteiger partial charge in [-0.15, -0.1) is 10.2 Å². The average Bonchev–Trinajstić information content (AvgIpc) is 3.14. The smallest absolute Gasteiger partial charge is 0.272 e. The summed E-state index contributed by atoms with van der Waals surface area (Å²) in [5.74, 6) is 0.966. The van der Waals surface area contributed by atoms with Gasteiger partial charge in [0.05, 0.1) is 0 Å². The van der Waals surface area contributed by atoms with Crippen molar-refractivity contribution in [3.63, 3.8) is 0 Å². The van der Waals surface area contributed by atoms with Gasteiger partial charge >= 0.3 is 0 Å². The van der Waals surface area contributed by atoms with Gasteiger partial charge in [0, 0.05) is 17.5 Å². The molecule has 2 aromatic heterocycles. The van der Waals surface area contributed by atoms with Crippen LogP contribution in [0.15, 0.2) is 54.6 Å². The zero-order chi connectivity index (χ0) is 16.1. The van der Waals surface area contributed by atoms with Gasteiger partial charge in [-0.1, -0.05) is 54.6 Å². The van der Waals surface area contributed by atoms with Crippen molar-refractivity contribution in [1.82, 2.24) is 24.8 Å². The third-order valence-corrected chi connectivity index (χ3v) is 4.17. The zero-order valence-corrected chi connectivity index (χ0v) is 12.5. The lowest BCUT2D eigenvalue weighted by Gasteiger charge is -2.01. The topological polar surface area (TPSA) is 73.0 Å². The summed E-state index contributed by atoms with van der Waals surface area (Å²) < 4.78 is 1.57. The molecule has 0 saturated heterocycles. The lowest BCUT2D eigenvalue weighted by molar-refractivity contribution is 0.103. The first-order chi connectivity index (χ1) is 11.8. The second-order valence-electron chi connectivity index (χ2n) is 5.67. The van der Waals surface area contributed by atoms with Gasteiger partial charge in [0.25, 0.3) is 5.78 Å². The highest BCUT2D eigenvalue weighted by Crippen LogP contribution is 2.33. The highest BCUT2D eigenvalue weighted by Gasteiger charge is 2.30. The predicted molar refractivity (Wildman–Crippen MR) is 86.7 cm³/mol. The van der Waals surface area contributed by atoms with Crippen molar-refractivity contribution in [2.24, 2.45) is 0 Å². The molecule has 0 fully saturated rings. The summed E-state index contributed by atoms with van der Waals surface area (Å²) in [6.45, 7) is 0. The largest absolute Gasteiger partial charge is 0.287 e. The molecular weight excluding hydrogens is 302 g/mol. The Morgan fingerprint density at radius 2 is 1.58 bits per heavy atom. The normalized spacial score (nSPS) is 12.4. The van der Waals surface area contributed by atoms with E-state index in [4.69, 9.17) is 0 Å². The molecule has 0 atom stereocenters. The monoisotopic (exact) mass is 313 g/mol. The summed E-state index contributed by atoms with van der Waals surface area (Å²) >= 11 is 0. The second-order valence-corrected chi connectivity index (χ2v) is 5.67. The summed E-state index contributed by atoms with van der Waals surface area (Å²) in [5, 5.41) is 12.8. The summed E-state index contributed by atoms with van der Waals surface area (Å²) in [4.78, 5) is 17.1. The number of fused-ring (bicyclic) bond motifs is 4. The van der Waals surface area contributed by atoms with Gasteiger partial charge < -0.3 is 0 Å². The van der Waals surface area contributed by atoms with Gasteiger partial charge in [-0.25, -0.2) is 4.98 Å². The van der Waals surface area contributed by atoms with Crippen molar-refractivity contribution in [2.75, 3.05) is 0 Å². The van der Waals surface area contributed by atoms with Crippen LogP contribution in [0.3, 0.4) is 0 Å². The average molecular weight is 313 g/mol. The minimum Gasteiger partial charge on any atom is -0.287 e. The second kappa shape index (κ2) is 4.79. The third kappa shape index (κ3) is 1.80. The van der Waals surface area contributed by atoms with E-state index in [1.807, 2.05) is 48.5 Å². The molecule has 5 rings (SSSR count). The molecule has 0 aliphatic heterocycles. The van der Waals surface area contributed by atoms with E-state index in [0.29, 0.717) is 35.0 Å². The molecule has 114 valence electrons. The van der Waals surface area contributed by atoms with Crippen molar-refractivity contribution in [2.45, 2.75) is 6.42 Å². The van der Waals surface area contributed by atoms with E-state index in [2.05, 4.69) is 20.3 Å². The molecule has 0 unspecified atom stereocenters. The molecule has 0 spiro atoms. The number of ketones is 1. The van der Waals surface area contributed by atoms with Crippen molar-refractivity contribution in [3.8, 4) is 11.3 Å². The molecule has 6 heteroatoms. The summed E-state index contributed by atoms with van der Waals surface area (Å²) in [5.41, 5.74) is 3.49. The number of benzene rings is 2.